The zero-order valence-electron chi connectivity index (χ0n) is 12.9. The first-order valence-electron chi connectivity index (χ1n) is 7.17. The zero-order chi connectivity index (χ0) is 16.5. The lowest BCUT2D eigenvalue weighted by Gasteiger charge is -2.15. The standard InChI is InChI=1S/C15H20N2O4S/c1-10(2)8-16-14(18)12-4-6-13(7-5-12)17-15(19)11(3)9-22(17,20)21/h4-7,10-11H,8-9H2,1-3H3,(H,16,18). The summed E-state index contributed by atoms with van der Waals surface area (Å²) >= 11 is 0. The van der Waals surface area contributed by atoms with Crippen LogP contribution in [-0.2, 0) is 14.8 Å². The molecule has 1 aliphatic rings. The number of anilines is 1. The fourth-order valence-electron chi connectivity index (χ4n) is 2.23. The average molecular weight is 324 g/mol. The number of benzene rings is 1. The van der Waals surface area contributed by atoms with Gasteiger partial charge in [-0.15, -0.1) is 0 Å². The van der Waals surface area contributed by atoms with Crippen molar-refractivity contribution in [1.82, 2.24) is 5.32 Å². The van der Waals surface area contributed by atoms with Crippen LogP contribution in [0.3, 0.4) is 0 Å². The van der Waals surface area contributed by atoms with Gasteiger partial charge in [-0.2, -0.15) is 0 Å². The second kappa shape index (κ2) is 6.08. The van der Waals surface area contributed by atoms with E-state index in [1.165, 1.54) is 24.3 Å². The average Bonchev–Trinajstić information content (AvgIpc) is 2.64. The van der Waals surface area contributed by atoms with E-state index in [2.05, 4.69) is 5.32 Å². The first-order chi connectivity index (χ1) is 10.2. The molecule has 0 bridgehead atoms. The summed E-state index contributed by atoms with van der Waals surface area (Å²) in [5.41, 5.74) is 0.705. The van der Waals surface area contributed by atoms with Crippen LogP contribution in [0.2, 0.25) is 0 Å². The molecule has 1 heterocycles. The van der Waals surface area contributed by atoms with Crippen LogP contribution in [0.15, 0.2) is 24.3 Å². The van der Waals surface area contributed by atoms with Crippen molar-refractivity contribution in [2.75, 3.05) is 16.6 Å². The third-order valence-corrected chi connectivity index (χ3v) is 5.26. The van der Waals surface area contributed by atoms with Crippen molar-refractivity contribution in [3.05, 3.63) is 29.8 Å². The second-order valence-electron chi connectivity index (χ2n) is 5.93. The van der Waals surface area contributed by atoms with E-state index in [0.29, 0.717) is 18.0 Å². The van der Waals surface area contributed by atoms with E-state index in [0.717, 1.165) is 4.31 Å². The van der Waals surface area contributed by atoms with E-state index in [1.54, 1.807) is 6.92 Å². The summed E-state index contributed by atoms with van der Waals surface area (Å²) < 4.78 is 24.8. The molecule has 1 unspecified atom stereocenters. The van der Waals surface area contributed by atoms with Crippen LogP contribution in [0.5, 0.6) is 0 Å². The van der Waals surface area contributed by atoms with Crippen molar-refractivity contribution in [2.45, 2.75) is 20.8 Å². The minimum absolute atomic E-state index is 0.178. The Morgan fingerprint density at radius 2 is 1.91 bits per heavy atom. The Morgan fingerprint density at radius 3 is 2.36 bits per heavy atom. The molecule has 0 saturated carbocycles. The normalized spacial score (nSPS) is 20.5. The third kappa shape index (κ3) is 3.30. The van der Waals surface area contributed by atoms with Crippen LogP contribution in [-0.4, -0.2) is 32.5 Å². The van der Waals surface area contributed by atoms with E-state index in [-0.39, 0.29) is 17.3 Å². The predicted molar refractivity (Wildman–Crippen MR) is 84.1 cm³/mol. The number of hydrogen-bond donors (Lipinski definition) is 1. The molecule has 1 aromatic carbocycles. The molecule has 2 amide bonds. The van der Waals surface area contributed by atoms with Gasteiger partial charge in [-0.3, -0.25) is 9.59 Å². The van der Waals surface area contributed by atoms with Crippen molar-refractivity contribution in [3.8, 4) is 0 Å². The van der Waals surface area contributed by atoms with Crippen molar-refractivity contribution in [1.29, 1.82) is 0 Å². The summed E-state index contributed by atoms with van der Waals surface area (Å²) in [6.07, 6.45) is 0. The quantitative estimate of drug-likeness (QED) is 0.907. The summed E-state index contributed by atoms with van der Waals surface area (Å²) in [6, 6.07) is 6.02. The van der Waals surface area contributed by atoms with E-state index >= 15 is 0 Å². The van der Waals surface area contributed by atoms with Gasteiger partial charge in [-0.1, -0.05) is 20.8 Å². The molecule has 2 rings (SSSR count). The first kappa shape index (κ1) is 16.5. The van der Waals surface area contributed by atoms with Gasteiger partial charge in [0.05, 0.1) is 17.4 Å². The highest BCUT2D eigenvalue weighted by molar-refractivity contribution is 7.94. The molecular weight excluding hydrogens is 304 g/mol. The monoisotopic (exact) mass is 324 g/mol. The Balaban J connectivity index is 2.19. The van der Waals surface area contributed by atoms with Gasteiger partial charge < -0.3 is 5.32 Å². The van der Waals surface area contributed by atoms with Crippen LogP contribution >= 0.6 is 0 Å². The molecule has 1 aliphatic heterocycles. The number of nitrogens with one attached hydrogen (secondary N) is 1. The fraction of sp³-hybridized carbons (Fsp3) is 0.467. The van der Waals surface area contributed by atoms with Gasteiger partial charge in [0, 0.05) is 12.1 Å². The number of sulfonamides is 1. The first-order valence-corrected chi connectivity index (χ1v) is 8.78. The lowest BCUT2D eigenvalue weighted by molar-refractivity contribution is -0.119. The maximum Gasteiger partial charge on any atom is 0.251 e. The lowest BCUT2D eigenvalue weighted by atomic mass is 10.1. The summed E-state index contributed by atoms with van der Waals surface area (Å²) in [5, 5.41) is 2.78. The van der Waals surface area contributed by atoms with Gasteiger partial charge in [0.2, 0.25) is 15.9 Å². The third-order valence-electron chi connectivity index (χ3n) is 3.40. The molecular formula is C15H20N2O4S. The van der Waals surface area contributed by atoms with Gasteiger partial charge >= 0.3 is 0 Å². The summed E-state index contributed by atoms with van der Waals surface area (Å²) in [7, 11) is -3.61. The van der Waals surface area contributed by atoms with E-state index in [9.17, 15) is 18.0 Å². The number of rotatable bonds is 4. The number of carbonyl (C=O) groups excluding carboxylic acids is 2. The van der Waals surface area contributed by atoms with Crippen LogP contribution in [0, 0.1) is 11.8 Å². The van der Waals surface area contributed by atoms with E-state index in [1.807, 2.05) is 13.8 Å². The maximum absolute atomic E-state index is 12.0. The highest BCUT2D eigenvalue weighted by Crippen LogP contribution is 2.28. The van der Waals surface area contributed by atoms with Crippen molar-refractivity contribution in [3.63, 3.8) is 0 Å². The highest BCUT2D eigenvalue weighted by atomic mass is 32.2. The Hall–Kier alpha value is -1.89. The molecule has 120 valence electrons. The van der Waals surface area contributed by atoms with Crippen molar-refractivity contribution >= 4 is 27.5 Å². The van der Waals surface area contributed by atoms with Gasteiger partial charge in [-0.05, 0) is 30.2 Å². The van der Waals surface area contributed by atoms with Gasteiger partial charge in [0.1, 0.15) is 0 Å². The number of hydrogen-bond acceptors (Lipinski definition) is 4. The molecule has 0 spiro atoms. The molecule has 0 aliphatic carbocycles. The molecule has 1 saturated heterocycles. The SMILES string of the molecule is CC(C)CNC(=O)c1ccc(N2C(=O)C(C)CS2(=O)=O)cc1. The summed E-state index contributed by atoms with van der Waals surface area (Å²) in [4.78, 5) is 23.9. The number of carbonyl (C=O) groups is 2. The number of nitrogens with zero attached hydrogens (tertiary/aromatic N) is 1. The predicted octanol–water partition coefficient (Wildman–Crippen LogP) is 1.38. The van der Waals surface area contributed by atoms with Crippen molar-refractivity contribution in [2.24, 2.45) is 11.8 Å². The molecule has 0 radical (unpaired) electrons. The fourth-order valence-corrected chi connectivity index (χ4v) is 4.05. The van der Waals surface area contributed by atoms with Crippen LogP contribution in [0.1, 0.15) is 31.1 Å². The van der Waals surface area contributed by atoms with Crippen LogP contribution in [0.25, 0.3) is 0 Å². The van der Waals surface area contributed by atoms with Crippen LogP contribution in [0.4, 0.5) is 5.69 Å². The Labute approximate surface area is 130 Å². The van der Waals surface area contributed by atoms with E-state index < -0.39 is 21.8 Å². The topological polar surface area (TPSA) is 83.6 Å². The second-order valence-corrected chi connectivity index (χ2v) is 7.80. The summed E-state index contributed by atoms with van der Waals surface area (Å²) in [5.74, 6) is -1.03. The van der Waals surface area contributed by atoms with Crippen LogP contribution < -0.4 is 9.62 Å². The molecule has 7 heteroatoms. The molecule has 1 N–H and O–H groups in total. The highest BCUT2D eigenvalue weighted by Gasteiger charge is 2.41. The zero-order valence-corrected chi connectivity index (χ0v) is 13.7. The van der Waals surface area contributed by atoms with E-state index in [4.69, 9.17) is 0 Å². The Kier molecular flexibility index (Phi) is 4.55. The summed E-state index contributed by atoms with van der Waals surface area (Å²) in [6.45, 7) is 6.15. The van der Waals surface area contributed by atoms with Gasteiger partial charge in [0.25, 0.3) is 5.91 Å². The molecule has 0 aromatic heterocycles. The van der Waals surface area contributed by atoms with Crippen molar-refractivity contribution < 1.29 is 18.0 Å². The molecule has 1 fully saturated rings. The Bertz CT molecular complexity index is 680. The smallest absolute Gasteiger partial charge is 0.251 e. The van der Waals surface area contributed by atoms with Gasteiger partial charge in [-0.25, -0.2) is 12.7 Å². The molecule has 22 heavy (non-hydrogen) atoms. The minimum atomic E-state index is -3.61. The maximum atomic E-state index is 12.0. The lowest BCUT2D eigenvalue weighted by Crippen LogP contribution is -2.30. The molecule has 1 atom stereocenters. The molecule has 6 nitrogen and oxygen atoms in total. The van der Waals surface area contributed by atoms with Gasteiger partial charge in [0.15, 0.2) is 0 Å². The molecule has 1 aromatic rings. The largest absolute Gasteiger partial charge is 0.352 e. The minimum Gasteiger partial charge on any atom is -0.352 e. The number of amides is 2. The Morgan fingerprint density at radius 1 is 1.32 bits per heavy atom.